The number of β-amino-alcohol motifs (C(OH)–C–C–N with tert-alkyl or cyclic N) is 2. The molecule has 8 rings (SSSR count). The third-order valence-corrected chi connectivity index (χ3v) is 16.2. The zero-order valence-electron chi connectivity index (χ0n) is 49.3. The number of aryl methyl sites for hydroxylation is 1. The van der Waals surface area contributed by atoms with E-state index in [1.807, 2.05) is 41.8 Å². The minimum Gasteiger partial charge on any atom is -0.445 e. The van der Waals surface area contributed by atoms with Crippen molar-refractivity contribution in [1.29, 1.82) is 0 Å². The molecular weight excluding hydrogens is 1130 g/mol. The van der Waals surface area contributed by atoms with Gasteiger partial charge in [0, 0.05) is 87.9 Å². The van der Waals surface area contributed by atoms with E-state index < -0.39 is 84.1 Å². The molecule has 3 fully saturated rings. The Morgan fingerprint density at radius 1 is 0.839 bits per heavy atom. The first kappa shape index (κ1) is 64.7. The number of halogens is 2. The molecule has 25 heteroatoms. The van der Waals surface area contributed by atoms with Crippen molar-refractivity contribution in [2.45, 2.75) is 122 Å². The number of amides is 10. The van der Waals surface area contributed by atoms with E-state index in [1.165, 1.54) is 28.0 Å². The van der Waals surface area contributed by atoms with E-state index in [9.17, 15) is 43.8 Å². The van der Waals surface area contributed by atoms with Crippen LogP contribution < -0.4 is 27.0 Å². The monoisotopic (exact) mass is 1210 g/mol. The lowest BCUT2D eigenvalue weighted by Crippen LogP contribution is -2.54. The summed E-state index contributed by atoms with van der Waals surface area (Å²) in [5, 5.41) is 32.1. The molecule has 8 N–H and O–H groups in total. The van der Waals surface area contributed by atoms with Crippen LogP contribution >= 0.6 is 0 Å². The van der Waals surface area contributed by atoms with Crippen molar-refractivity contribution in [3.8, 4) is 11.3 Å². The highest BCUT2D eigenvalue weighted by molar-refractivity contribution is 6.12. The Hall–Kier alpha value is -8.29. The van der Waals surface area contributed by atoms with E-state index in [4.69, 9.17) is 20.2 Å². The predicted octanol–water partition coefficient (Wildman–Crippen LogP) is 5.08. The van der Waals surface area contributed by atoms with Crippen LogP contribution in [0.25, 0.3) is 11.3 Å². The van der Waals surface area contributed by atoms with Crippen molar-refractivity contribution >= 4 is 53.4 Å². The Kier molecular flexibility index (Phi) is 22.6. The fourth-order valence-electron chi connectivity index (χ4n) is 11.4. The summed E-state index contributed by atoms with van der Waals surface area (Å²) >= 11 is 0. The molecule has 3 saturated heterocycles. The van der Waals surface area contributed by atoms with Crippen LogP contribution in [0.2, 0.25) is 0 Å². The van der Waals surface area contributed by atoms with E-state index in [0.29, 0.717) is 74.6 Å². The van der Waals surface area contributed by atoms with Crippen molar-refractivity contribution in [2.24, 2.45) is 23.5 Å². The number of nitrogens with zero attached hydrogens (tertiary/aromatic N) is 6. The van der Waals surface area contributed by atoms with Crippen LogP contribution in [-0.2, 0) is 46.6 Å². The second-order valence-electron chi connectivity index (χ2n) is 23.1. The molecule has 4 aliphatic heterocycles. The van der Waals surface area contributed by atoms with Crippen molar-refractivity contribution < 1.29 is 66.8 Å². The van der Waals surface area contributed by atoms with Gasteiger partial charge in [-0.2, -0.15) is 0 Å². The number of aromatic nitrogens is 2. The number of carbonyl (C=O) groups excluding carboxylic acids is 8. The fourth-order valence-corrected chi connectivity index (χ4v) is 11.4. The number of urea groups is 2. The summed E-state index contributed by atoms with van der Waals surface area (Å²) in [5.41, 5.74) is 8.40. The molecule has 5 heterocycles. The second kappa shape index (κ2) is 30.4. The van der Waals surface area contributed by atoms with Crippen LogP contribution in [0.15, 0.2) is 91.1 Å². The van der Waals surface area contributed by atoms with Gasteiger partial charge in [-0.3, -0.25) is 28.9 Å². The summed E-state index contributed by atoms with van der Waals surface area (Å²) < 4.78 is 45.7. The number of nitrogens with one attached hydrogen (secondary N) is 4. The maximum atomic E-state index is 16.6. The number of hydrogen-bond donors (Lipinski definition) is 7. The number of rotatable bonds is 26. The van der Waals surface area contributed by atoms with Crippen molar-refractivity contribution in [3.05, 3.63) is 119 Å². The fraction of sp³-hybridized carbons (Fsp3) is 0.500. The molecule has 0 saturated carbocycles. The largest absolute Gasteiger partial charge is 0.445 e. The van der Waals surface area contributed by atoms with Gasteiger partial charge >= 0.3 is 18.2 Å². The van der Waals surface area contributed by atoms with Crippen molar-refractivity contribution in [2.75, 3.05) is 64.3 Å². The van der Waals surface area contributed by atoms with E-state index in [1.54, 1.807) is 61.3 Å². The highest BCUT2D eigenvalue weighted by atomic mass is 19.1. The summed E-state index contributed by atoms with van der Waals surface area (Å²) in [6, 6.07) is 16.4. The van der Waals surface area contributed by atoms with Gasteiger partial charge in [-0.25, -0.2) is 28.1 Å². The number of ether oxygens (including phenoxy) is 2. The van der Waals surface area contributed by atoms with Gasteiger partial charge < -0.3 is 66.0 Å². The minimum absolute atomic E-state index is 0.0780. The van der Waals surface area contributed by atoms with E-state index in [-0.39, 0.29) is 101 Å². The number of alkyl halides is 1. The molecule has 23 nitrogen and oxygen atoms in total. The number of benzene rings is 3. The number of primary amides is 1. The maximum absolute atomic E-state index is 16.6. The van der Waals surface area contributed by atoms with E-state index >= 15 is 13.6 Å². The molecular formula is C62H79F2N11O12. The summed E-state index contributed by atoms with van der Waals surface area (Å²) in [6.07, 6.45) is 2.23. The summed E-state index contributed by atoms with van der Waals surface area (Å²) in [7, 11) is 0. The summed E-state index contributed by atoms with van der Waals surface area (Å²) in [5.74, 6) is -3.99. The van der Waals surface area contributed by atoms with Gasteiger partial charge in [-0.1, -0.05) is 74.4 Å². The number of aliphatic hydroxyl groups excluding tert-OH is 2. The Morgan fingerprint density at radius 2 is 1.54 bits per heavy atom. The number of imidazole rings is 1. The molecule has 87 heavy (non-hydrogen) atoms. The average Bonchev–Trinajstić information content (AvgIpc) is 1.79. The molecule has 1 aromatic heterocycles. The lowest BCUT2D eigenvalue weighted by Gasteiger charge is -2.41. The number of imide groups is 1. The van der Waals surface area contributed by atoms with Crippen LogP contribution in [0.4, 0.5) is 28.9 Å². The quantitative estimate of drug-likeness (QED) is 0.0319. The van der Waals surface area contributed by atoms with Gasteiger partial charge in [0.2, 0.25) is 17.7 Å². The number of aliphatic hydroxyl groups is 2. The lowest BCUT2D eigenvalue weighted by atomic mass is 9.89. The molecule has 10 amide bonds. The van der Waals surface area contributed by atoms with Crippen LogP contribution in [-0.4, -0.2) is 177 Å². The molecule has 4 aliphatic rings. The molecule has 0 aliphatic carbocycles. The van der Waals surface area contributed by atoms with Crippen molar-refractivity contribution in [3.63, 3.8) is 0 Å². The Balaban J connectivity index is 0.917. The molecule has 468 valence electrons. The lowest BCUT2D eigenvalue weighted by molar-refractivity contribution is -0.137. The third-order valence-electron chi connectivity index (χ3n) is 16.2. The number of carbonyl (C=O) groups is 8. The second-order valence-corrected chi connectivity index (χ2v) is 23.1. The first-order valence-corrected chi connectivity index (χ1v) is 29.7. The summed E-state index contributed by atoms with van der Waals surface area (Å²) in [6.45, 7) is 5.46. The maximum Gasteiger partial charge on any atom is 0.410 e. The number of likely N-dealkylation sites (tertiary alicyclic amines) is 2. The normalized spacial score (nSPS) is 19.7. The Morgan fingerprint density at radius 3 is 2.22 bits per heavy atom. The minimum atomic E-state index is -1.61. The molecule has 7 unspecified atom stereocenters. The number of nitrogens with two attached hydrogens (primary N) is 1. The first-order valence-electron chi connectivity index (χ1n) is 29.7. The molecule has 0 radical (unpaired) electrons. The topological polar surface area (TPSA) is 300 Å². The van der Waals surface area contributed by atoms with Gasteiger partial charge in [-0.05, 0) is 92.7 Å². The van der Waals surface area contributed by atoms with Crippen LogP contribution in [0, 0.1) is 30.5 Å². The van der Waals surface area contributed by atoms with Gasteiger partial charge in [0.25, 0.3) is 11.8 Å². The molecule has 0 bridgehead atoms. The third kappa shape index (κ3) is 17.5. The predicted molar refractivity (Wildman–Crippen MR) is 315 cm³/mol. The van der Waals surface area contributed by atoms with Gasteiger partial charge in [-0.15, -0.1) is 0 Å². The van der Waals surface area contributed by atoms with E-state index in [2.05, 4.69) is 21.3 Å². The van der Waals surface area contributed by atoms with Crippen LogP contribution in [0.3, 0.4) is 0 Å². The number of hydrogen-bond acceptors (Lipinski definition) is 13. The highest BCUT2D eigenvalue weighted by Gasteiger charge is 2.46. The molecule has 3 aromatic carbocycles. The zero-order chi connectivity index (χ0) is 62.3. The number of anilines is 1. The average molecular weight is 1210 g/mol. The number of unbranched alkanes of at least 4 members (excludes halogenated alkanes) is 2. The van der Waals surface area contributed by atoms with Gasteiger partial charge in [0.05, 0.1) is 43.6 Å². The van der Waals surface area contributed by atoms with Gasteiger partial charge in [0.15, 0.2) is 0 Å². The molecule has 0 spiro atoms. The SMILES string of the molecule is Cc1ccc(F)c(-c2cn(Cc3ccccc3)c(C(C3CCOCC3)N(CC3CN(C(=O)OCc4ccc(NC(=O)C(CCCNC(N)=O)NC(=O)C(NC(=O)CCCCCN5C(=O)C=CC5=O)C(C)C)cc4)CC3F)C(=O)N3CC(O)C(O)C3)n2)c1. The van der Waals surface area contributed by atoms with Crippen LogP contribution in [0.5, 0.6) is 0 Å². The zero-order valence-corrected chi connectivity index (χ0v) is 49.3. The highest BCUT2D eigenvalue weighted by Crippen LogP contribution is 2.40. The Labute approximate surface area is 504 Å². The summed E-state index contributed by atoms with van der Waals surface area (Å²) in [4.78, 5) is 115. The van der Waals surface area contributed by atoms with Gasteiger partial charge in [0.1, 0.15) is 36.5 Å². The molecule has 7 atom stereocenters. The first-order chi connectivity index (χ1) is 41.7. The van der Waals surface area contributed by atoms with Crippen LogP contribution in [0.1, 0.15) is 93.8 Å². The van der Waals surface area contributed by atoms with Crippen molar-refractivity contribution in [1.82, 2.24) is 45.1 Å². The standard InChI is InChI=1S/C62H79F2N11O12/c1-38(2)55(70-52(78)14-8-5-9-26-74-53(79)21-22-54(74)80)59(82)69-48(13-10-25-66-60(65)83)58(81)67-44-18-16-41(17-19-44)37-87-62(85)73-31-43(47(64)33-73)32-75(61(84)72-35-50(76)51(77)36-72)56(42-23-27-86-28-24-42)57-68-49(45-29-39(3)15-20-46(45)63)34-71(57)30-40-11-6-4-7-12-40/h4,6-7,11-12,15-22,29,34,38,42-43,47-48,50-51,55-56,76-77H,5,8-10,13-14,23-28,30-33,35-37H2,1-3H3,(H,67,81)(H,69,82)(H,70,78)(H3,65,66,83). The smallest absolute Gasteiger partial charge is 0.410 e. The van der Waals surface area contributed by atoms with E-state index in [0.717, 1.165) is 16.0 Å². The molecule has 4 aromatic rings. The Bertz CT molecular complexity index is 3080.